The Morgan fingerprint density at radius 2 is 2.10 bits per heavy atom. The summed E-state index contributed by atoms with van der Waals surface area (Å²) in [6, 6.07) is 6.26. The predicted molar refractivity (Wildman–Crippen MR) is 77.2 cm³/mol. The van der Waals surface area contributed by atoms with Crippen LogP contribution in [0.25, 0.3) is 0 Å². The number of rotatable bonds is 2. The molecule has 1 aromatic rings. The van der Waals surface area contributed by atoms with Crippen molar-refractivity contribution in [3.05, 3.63) is 29.3 Å². The van der Waals surface area contributed by atoms with Crippen LogP contribution >= 0.6 is 0 Å². The van der Waals surface area contributed by atoms with Gasteiger partial charge in [-0.05, 0) is 33.8 Å². The van der Waals surface area contributed by atoms with Crippen LogP contribution in [0.3, 0.4) is 0 Å². The maximum absolute atomic E-state index is 12.0. The van der Waals surface area contributed by atoms with Crippen molar-refractivity contribution in [3.63, 3.8) is 0 Å². The van der Waals surface area contributed by atoms with Gasteiger partial charge in [-0.15, -0.1) is 0 Å². The van der Waals surface area contributed by atoms with Crippen LogP contribution < -0.4 is 4.74 Å². The average Bonchev–Trinajstić information content (AvgIpc) is 2.63. The van der Waals surface area contributed by atoms with Crippen molar-refractivity contribution in [1.29, 1.82) is 0 Å². The Morgan fingerprint density at radius 3 is 2.80 bits per heavy atom. The molecule has 0 amide bonds. The van der Waals surface area contributed by atoms with Crippen molar-refractivity contribution in [3.8, 4) is 5.75 Å². The fourth-order valence-corrected chi connectivity index (χ4v) is 3.48. The van der Waals surface area contributed by atoms with Gasteiger partial charge in [-0.1, -0.05) is 17.7 Å². The molecule has 1 aromatic carbocycles. The minimum absolute atomic E-state index is 0.0932. The molecular formula is C17H22O3. The van der Waals surface area contributed by atoms with Gasteiger partial charge < -0.3 is 9.47 Å². The summed E-state index contributed by atoms with van der Waals surface area (Å²) >= 11 is 0. The van der Waals surface area contributed by atoms with Gasteiger partial charge in [0.1, 0.15) is 17.6 Å². The van der Waals surface area contributed by atoms with E-state index < -0.39 is 0 Å². The van der Waals surface area contributed by atoms with Gasteiger partial charge in [-0.25, -0.2) is 0 Å². The maximum atomic E-state index is 12.0. The number of aryl methyl sites for hydroxylation is 1. The number of benzene rings is 1. The van der Waals surface area contributed by atoms with Crippen LogP contribution in [-0.4, -0.2) is 24.1 Å². The molecular weight excluding hydrogens is 252 g/mol. The molecule has 0 radical (unpaired) electrons. The first-order valence-electron chi connectivity index (χ1n) is 7.36. The van der Waals surface area contributed by atoms with E-state index in [-0.39, 0.29) is 29.5 Å². The highest BCUT2D eigenvalue weighted by atomic mass is 16.5. The molecule has 1 heterocycles. The molecule has 0 spiro atoms. The molecule has 3 rings (SSSR count). The average molecular weight is 274 g/mol. The van der Waals surface area contributed by atoms with Gasteiger partial charge in [0.2, 0.25) is 0 Å². The SMILES string of the molecule is Cc1ccc2c(c1)[C@]1(C)[C@@H](CC(=O)C[C@H]1OC(C)C)O2. The zero-order valence-electron chi connectivity index (χ0n) is 12.6. The van der Waals surface area contributed by atoms with Crippen LogP contribution in [0.15, 0.2) is 18.2 Å². The van der Waals surface area contributed by atoms with Gasteiger partial charge in [0.15, 0.2) is 0 Å². The zero-order valence-corrected chi connectivity index (χ0v) is 12.6. The summed E-state index contributed by atoms with van der Waals surface area (Å²) < 4.78 is 12.1. The molecule has 1 aliphatic carbocycles. The van der Waals surface area contributed by atoms with E-state index in [0.717, 1.165) is 5.75 Å². The fourth-order valence-electron chi connectivity index (χ4n) is 3.48. The van der Waals surface area contributed by atoms with Crippen molar-refractivity contribution in [2.45, 2.75) is 64.3 Å². The van der Waals surface area contributed by atoms with Crippen LogP contribution in [0.2, 0.25) is 0 Å². The Labute approximate surface area is 120 Å². The zero-order chi connectivity index (χ0) is 14.5. The van der Waals surface area contributed by atoms with Gasteiger partial charge in [0, 0.05) is 18.4 Å². The number of carbonyl (C=O) groups is 1. The van der Waals surface area contributed by atoms with Gasteiger partial charge in [0.05, 0.1) is 17.6 Å². The van der Waals surface area contributed by atoms with E-state index in [0.29, 0.717) is 12.8 Å². The molecule has 20 heavy (non-hydrogen) atoms. The van der Waals surface area contributed by atoms with Crippen LogP contribution in [0.5, 0.6) is 5.75 Å². The highest BCUT2D eigenvalue weighted by molar-refractivity contribution is 5.82. The van der Waals surface area contributed by atoms with Gasteiger partial charge in [-0.3, -0.25) is 4.79 Å². The molecule has 108 valence electrons. The Bertz CT molecular complexity index is 549. The van der Waals surface area contributed by atoms with Crippen molar-refractivity contribution in [2.24, 2.45) is 0 Å². The summed E-state index contributed by atoms with van der Waals surface area (Å²) in [6.07, 6.45) is 0.891. The third-order valence-corrected chi connectivity index (χ3v) is 4.58. The largest absolute Gasteiger partial charge is 0.489 e. The van der Waals surface area contributed by atoms with E-state index in [1.165, 1.54) is 11.1 Å². The van der Waals surface area contributed by atoms with Gasteiger partial charge in [-0.2, -0.15) is 0 Å². The molecule has 1 saturated carbocycles. The standard InChI is InChI=1S/C17H22O3/c1-10(2)19-15-8-12(18)9-16-17(15,4)13-7-11(3)5-6-14(13)20-16/h5-7,10,15-16H,8-9H2,1-4H3/t15-,16-,17+/m1/s1. The molecule has 0 N–H and O–H groups in total. The number of ketones is 1. The molecule has 1 aliphatic heterocycles. The minimum atomic E-state index is -0.223. The lowest BCUT2D eigenvalue weighted by Crippen LogP contribution is -2.53. The van der Waals surface area contributed by atoms with E-state index >= 15 is 0 Å². The molecule has 0 bridgehead atoms. The van der Waals surface area contributed by atoms with Crippen LogP contribution in [0.1, 0.15) is 44.7 Å². The second-order valence-electron chi connectivity index (χ2n) is 6.51. The molecule has 0 aromatic heterocycles. The Morgan fingerprint density at radius 1 is 1.35 bits per heavy atom. The smallest absolute Gasteiger partial charge is 0.139 e. The van der Waals surface area contributed by atoms with Crippen molar-refractivity contribution in [2.75, 3.05) is 0 Å². The van der Waals surface area contributed by atoms with E-state index in [9.17, 15) is 4.79 Å². The minimum Gasteiger partial charge on any atom is -0.489 e. The van der Waals surface area contributed by atoms with Crippen LogP contribution in [-0.2, 0) is 14.9 Å². The lowest BCUT2D eigenvalue weighted by atomic mass is 9.67. The highest BCUT2D eigenvalue weighted by Crippen LogP contribution is 2.50. The molecule has 3 atom stereocenters. The summed E-state index contributed by atoms with van der Waals surface area (Å²) in [5, 5.41) is 0. The Hall–Kier alpha value is -1.35. The first-order valence-corrected chi connectivity index (χ1v) is 7.36. The van der Waals surface area contributed by atoms with Crippen molar-refractivity contribution in [1.82, 2.24) is 0 Å². The van der Waals surface area contributed by atoms with E-state index in [1.807, 2.05) is 19.9 Å². The third kappa shape index (κ3) is 1.96. The second kappa shape index (κ2) is 4.59. The van der Waals surface area contributed by atoms with E-state index in [2.05, 4.69) is 26.0 Å². The number of Topliss-reactive ketones (excluding diaryl/α,β-unsaturated/α-hetero) is 1. The summed E-state index contributed by atoms with van der Waals surface area (Å²) in [7, 11) is 0. The summed E-state index contributed by atoms with van der Waals surface area (Å²) in [6.45, 7) is 8.31. The predicted octanol–water partition coefficient (Wildman–Crippen LogP) is 3.17. The molecule has 0 saturated heterocycles. The summed E-state index contributed by atoms with van der Waals surface area (Å²) in [5.74, 6) is 1.15. The molecule has 3 nitrogen and oxygen atoms in total. The van der Waals surface area contributed by atoms with Crippen molar-refractivity contribution >= 4 is 5.78 Å². The van der Waals surface area contributed by atoms with Gasteiger partial charge >= 0.3 is 0 Å². The molecule has 0 unspecified atom stereocenters. The molecule has 3 heteroatoms. The maximum Gasteiger partial charge on any atom is 0.139 e. The second-order valence-corrected chi connectivity index (χ2v) is 6.51. The monoisotopic (exact) mass is 274 g/mol. The summed E-state index contributed by atoms with van der Waals surface area (Å²) in [4.78, 5) is 12.0. The first-order chi connectivity index (χ1) is 9.41. The normalized spacial score (nSPS) is 31.9. The van der Waals surface area contributed by atoms with E-state index in [1.54, 1.807) is 0 Å². The highest BCUT2D eigenvalue weighted by Gasteiger charge is 2.55. The number of ether oxygens (including phenoxy) is 2. The fraction of sp³-hybridized carbons (Fsp3) is 0.588. The van der Waals surface area contributed by atoms with Crippen LogP contribution in [0.4, 0.5) is 0 Å². The molecule has 2 aliphatic rings. The third-order valence-electron chi connectivity index (χ3n) is 4.58. The van der Waals surface area contributed by atoms with E-state index in [4.69, 9.17) is 9.47 Å². The lowest BCUT2D eigenvalue weighted by molar-refractivity contribution is -0.137. The quantitative estimate of drug-likeness (QED) is 0.831. The molecule has 1 fully saturated rings. The number of fused-ring (bicyclic) bond motifs is 3. The first kappa shape index (κ1) is 13.6. The van der Waals surface area contributed by atoms with Gasteiger partial charge in [0.25, 0.3) is 0 Å². The summed E-state index contributed by atoms with van der Waals surface area (Å²) in [5.41, 5.74) is 2.19. The van der Waals surface area contributed by atoms with Crippen molar-refractivity contribution < 1.29 is 14.3 Å². The Kier molecular flexibility index (Phi) is 3.13. The number of hydrogen-bond acceptors (Lipinski definition) is 3. The lowest BCUT2D eigenvalue weighted by Gasteiger charge is -2.42. The Balaban J connectivity index is 2.06. The number of carbonyl (C=O) groups excluding carboxylic acids is 1. The topological polar surface area (TPSA) is 35.5 Å². The van der Waals surface area contributed by atoms with Crippen LogP contribution in [0, 0.1) is 6.92 Å². The number of hydrogen-bond donors (Lipinski definition) is 0.